The van der Waals surface area contributed by atoms with Crippen LogP contribution in [0.3, 0.4) is 0 Å². The van der Waals surface area contributed by atoms with Gasteiger partial charge in [0.25, 0.3) is 0 Å². The van der Waals surface area contributed by atoms with Crippen molar-refractivity contribution in [3.05, 3.63) is 36.5 Å². The molecule has 3 heterocycles. The van der Waals surface area contributed by atoms with Crippen molar-refractivity contribution in [1.82, 2.24) is 14.9 Å². The molecule has 2 aliphatic rings. The molecule has 8 heteroatoms. The maximum absolute atomic E-state index is 5.87. The lowest BCUT2D eigenvalue weighted by Crippen LogP contribution is -2.37. The molecule has 2 saturated heterocycles. The molecule has 0 aliphatic carbocycles. The van der Waals surface area contributed by atoms with E-state index in [1.54, 1.807) is 6.20 Å². The number of anilines is 3. The Morgan fingerprint density at radius 3 is 2.41 bits per heavy atom. The van der Waals surface area contributed by atoms with Crippen molar-refractivity contribution >= 4 is 17.5 Å². The highest BCUT2D eigenvalue weighted by molar-refractivity contribution is 5.56. The van der Waals surface area contributed by atoms with E-state index in [0.717, 1.165) is 89.4 Å². The number of morpholine rings is 2. The zero-order valence-corrected chi connectivity index (χ0v) is 16.8. The van der Waals surface area contributed by atoms with Crippen molar-refractivity contribution < 1.29 is 14.2 Å². The molecule has 0 amide bonds. The summed E-state index contributed by atoms with van der Waals surface area (Å²) in [6.45, 7) is 8.69. The Morgan fingerprint density at radius 1 is 0.931 bits per heavy atom. The predicted molar refractivity (Wildman–Crippen MR) is 112 cm³/mol. The number of benzene rings is 1. The molecule has 1 aromatic carbocycles. The van der Waals surface area contributed by atoms with E-state index in [2.05, 4.69) is 25.1 Å². The summed E-state index contributed by atoms with van der Waals surface area (Å²) in [6.07, 6.45) is 2.80. The SMILES string of the molecule is c1cc(N2CCOCC2)nc(Nc2ccc(OCCCN3CCOCC3)cc2)n1. The molecule has 0 bridgehead atoms. The minimum Gasteiger partial charge on any atom is -0.494 e. The number of nitrogens with zero attached hydrogens (tertiary/aromatic N) is 4. The highest BCUT2D eigenvalue weighted by Gasteiger charge is 2.13. The zero-order chi connectivity index (χ0) is 19.7. The van der Waals surface area contributed by atoms with E-state index in [4.69, 9.17) is 14.2 Å². The lowest BCUT2D eigenvalue weighted by Gasteiger charge is -2.27. The third kappa shape index (κ3) is 6.03. The van der Waals surface area contributed by atoms with Crippen LogP contribution >= 0.6 is 0 Å². The Hall–Kier alpha value is -2.42. The second-order valence-electron chi connectivity index (χ2n) is 7.14. The molecule has 2 fully saturated rings. The van der Waals surface area contributed by atoms with Crippen LogP contribution in [0.15, 0.2) is 36.5 Å². The Bertz CT molecular complexity index is 746. The average Bonchev–Trinajstić information content (AvgIpc) is 2.79. The van der Waals surface area contributed by atoms with Crippen LogP contribution in [0.2, 0.25) is 0 Å². The van der Waals surface area contributed by atoms with Gasteiger partial charge in [0.05, 0.1) is 33.0 Å². The molecule has 2 aliphatic heterocycles. The Kier molecular flexibility index (Phi) is 7.12. The molecular weight excluding hydrogens is 370 g/mol. The topological polar surface area (TPSA) is 72.0 Å². The number of hydrogen-bond donors (Lipinski definition) is 1. The van der Waals surface area contributed by atoms with Crippen molar-refractivity contribution in [2.75, 3.05) is 76.0 Å². The normalized spacial score (nSPS) is 17.9. The molecule has 1 N–H and O–H groups in total. The number of rotatable bonds is 8. The third-order valence-corrected chi connectivity index (χ3v) is 5.08. The van der Waals surface area contributed by atoms with Gasteiger partial charge in [-0.2, -0.15) is 4.98 Å². The summed E-state index contributed by atoms with van der Waals surface area (Å²) >= 11 is 0. The fourth-order valence-corrected chi connectivity index (χ4v) is 3.44. The van der Waals surface area contributed by atoms with Gasteiger partial charge < -0.3 is 24.4 Å². The van der Waals surface area contributed by atoms with Crippen LogP contribution < -0.4 is 15.0 Å². The fraction of sp³-hybridized carbons (Fsp3) is 0.524. The van der Waals surface area contributed by atoms with Crippen LogP contribution in [0.4, 0.5) is 17.5 Å². The van der Waals surface area contributed by atoms with E-state index in [1.165, 1.54) is 0 Å². The number of ether oxygens (including phenoxy) is 3. The summed E-state index contributed by atoms with van der Waals surface area (Å²) in [7, 11) is 0. The largest absolute Gasteiger partial charge is 0.494 e. The highest BCUT2D eigenvalue weighted by Crippen LogP contribution is 2.20. The van der Waals surface area contributed by atoms with Gasteiger partial charge in [0.15, 0.2) is 0 Å². The van der Waals surface area contributed by atoms with E-state index in [9.17, 15) is 0 Å². The van der Waals surface area contributed by atoms with Crippen molar-refractivity contribution in [2.24, 2.45) is 0 Å². The summed E-state index contributed by atoms with van der Waals surface area (Å²) in [5.74, 6) is 2.39. The first-order valence-corrected chi connectivity index (χ1v) is 10.3. The Labute approximate surface area is 171 Å². The van der Waals surface area contributed by atoms with E-state index in [1.807, 2.05) is 30.3 Å². The number of aromatic nitrogens is 2. The van der Waals surface area contributed by atoms with Gasteiger partial charge in [0, 0.05) is 44.6 Å². The molecule has 4 rings (SSSR count). The quantitative estimate of drug-likeness (QED) is 0.677. The standard InChI is InChI=1S/C21H29N5O3/c1(8-25-9-14-27-15-10-25)13-29-19-4-2-18(3-5-19)23-21-22-7-6-20(24-21)26-11-16-28-17-12-26/h2-7H,1,8-17H2,(H,22,23,24). The van der Waals surface area contributed by atoms with E-state index in [-0.39, 0.29) is 0 Å². The molecule has 0 spiro atoms. The summed E-state index contributed by atoms with van der Waals surface area (Å²) in [5, 5.41) is 3.27. The minimum absolute atomic E-state index is 0.591. The zero-order valence-electron chi connectivity index (χ0n) is 16.8. The Morgan fingerprint density at radius 2 is 1.66 bits per heavy atom. The molecule has 0 saturated carbocycles. The van der Waals surface area contributed by atoms with Crippen molar-refractivity contribution in [1.29, 1.82) is 0 Å². The van der Waals surface area contributed by atoms with Crippen LogP contribution in [0, 0.1) is 0 Å². The van der Waals surface area contributed by atoms with Crippen LogP contribution in [0.25, 0.3) is 0 Å². The fourth-order valence-electron chi connectivity index (χ4n) is 3.44. The van der Waals surface area contributed by atoms with Gasteiger partial charge in [-0.3, -0.25) is 4.90 Å². The molecule has 1 aromatic heterocycles. The smallest absolute Gasteiger partial charge is 0.229 e. The van der Waals surface area contributed by atoms with Crippen LogP contribution in [0.1, 0.15) is 6.42 Å². The van der Waals surface area contributed by atoms with Crippen molar-refractivity contribution in [2.45, 2.75) is 6.42 Å². The average molecular weight is 399 g/mol. The summed E-state index contributed by atoms with van der Waals surface area (Å²) in [4.78, 5) is 13.6. The van der Waals surface area contributed by atoms with Gasteiger partial charge in [-0.25, -0.2) is 4.98 Å². The van der Waals surface area contributed by atoms with E-state index < -0.39 is 0 Å². The lowest BCUT2D eigenvalue weighted by molar-refractivity contribution is 0.0358. The first kappa shape index (κ1) is 19.9. The third-order valence-electron chi connectivity index (χ3n) is 5.08. The molecule has 2 aromatic rings. The molecule has 0 radical (unpaired) electrons. The summed E-state index contributed by atoms with van der Waals surface area (Å²) in [6, 6.07) is 9.86. The predicted octanol–water partition coefficient (Wildman–Crippen LogP) is 2.16. The maximum atomic E-state index is 5.87. The molecule has 0 atom stereocenters. The number of hydrogen-bond acceptors (Lipinski definition) is 8. The minimum atomic E-state index is 0.591. The second kappa shape index (κ2) is 10.4. The summed E-state index contributed by atoms with van der Waals surface area (Å²) in [5.41, 5.74) is 0.935. The lowest BCUT2D eigenvalue weighted by atomic mass is 10.3. The van der Waals surface area contributed by atoms with Gasteiger partial charge >= 0.3 is 0 Å². The maximum Gasteiger partial charge on any atom is 0.229 e. The molecule has 8 nitrogen and oxygen atoms in total. The Balaban J connectivity index is 1.24. The van der Waals surface area contributed by atoms with Crippen molar-refractivity contribution in [3.8, 4) is 5.75 Å². The van der Waals surface area contributed by atoms with Gasteiger partial charge in [-0.1, -0.05) is 0 Å². The summed E-state index contributed by atoms with van der Waals surface area (Å²) < 4.78 is 16.6. The molecule has 156 valence electrons. The first-order chi connectivity index (χ1) is 14.4. The first-order valence-electron chi connectivity index (χ1n) is 10.3. The van der Waals surface area contributed by atoms with Crippen molar-refractivity contribution in [3.63, 3.8) is 0 Å². The molecule has 29 heavy (non-hydrogen) atoms. The van der Waals surface area contributed by atoms with E-state index in [0.29, 0.717) is 5.95 Å². The monoisotopic (exact) mass is 399 g/mol. The van der Waals surface area contributed by atoms with Crippen LogP contribution in [0.5, 0.6) is 5.75 Å². The molecule has 0 unspecified atom stereocenters. The van der Waals surface area contributed by atoms with Gasteiger partial charge in [-0.05, 0) is 36.8 Å². The highest BCUT2D eigenvalue weighted by atomic mass is 16.5. The van der Waals surface area contributed by atoms with Gasteiger partial charge in [-0.15, -0.1) is 0 Å². The van der Waals surface area contributed by atoms with E-state index >= 15 is 0 Å². The van der Waals surface area contributed by atoms with Crippen LogP contribution in [-0.2, 0) is 9.47 Å². The number of nitrogens with one attached hydrogen (secondary N) is 1. The van der Waals surface area contributed by atoms with Gasteiger partial charge in [0.1, 0.15) is 11.6 Å². The molecular formula is C21H29N5O3. The van der Waals surface area contributed by atoms with Gasteiger partial charge in [0.2, 0.25) is 5.95 Å². The van der Waals surface area contributed by atoms with Crippen LogP contribution in [-0.4, -0.2) is 80.6 Å². The second-order valence-corrected chi connectivity index (χ2v) is 7.14.